The van der Waals surface area contributed by atoms with Crippen LogP contribution in [0.4, 0.5) is 5.69 Å². The number of hydrogen-bond donors (Lipinski definition) is 1. The first-order valence-electron chi connectivity index (χ1n) is 7.63. The molecule has 0 aliphatic heterocycles. The van der Waals surface area contributed by atoms with Gasteiger partial charge in [-0.1, -0.05) is 30.7 Å². The molecule has 3 rings (SSSR count). The Morgan fingerprint density at radius 3 is 2.57 bits per heavy atom. The molecule has 0 saturated heterocycles. The van der Waals surface area contributed by atoms with Crippen LogP contribution < -0.4 is 5.06 Å². The number of rotatable bonds is 2. The van der Waals surface area contributed by atoms with Gasteiger partial charge in [-0.05, 0) is 56.4 Å². The van der Waals surface area contributed by atoms with Gasteiger partial charge in [0.25, 0.3) is 0 Å². The highest BCUT2D eigenvalue weighted by atomic mass is 16.5. The van der Waals surface area contributed by atoms with E-state index >= 15 is 0 Å². The van der Waals surface area contributed by atoms with Crippen molar-refractivity contribution in [3.63, 3.8) is 0 Å². The molecule has 1 unspecified atom stereocenters. The minimum Gasteiger partial charge on any atom is -0.291 e. The molecule has 0 amide bonds. The highest BCUT2D eigenvalue weighted by molar-refractivity contribution is 6.08. The molecule has 1 aromatic carbocycles. The maximum Gasteiger partial charge on any atom is 0.190 e. The zero-order valence-electron chi connectivity index (χ0n) is 12.4. The van der Waals surface area contributed by atoms with Crippen molar-refractivity contribution in [3.8, 4) is 0 Å². The van der Waals surface area contributed by atoms with Crippen LogP contribution in [0.15, 0.2) is 53.6 Å². The number of nitrogens with zero attached hydrogens (tertiary/aromatic N) is 1. The number of carbonyl (C=O) groups excluding carboxylic acids is 1. The number of carbonyl (C=O) groups is 1. The van der Waals surface area contributed by atoms with Gasteiger partial charge >= 0.3 is 0 Å². The standard InChI is InChI=1S/C18H21NO2/c1-18(19(21)15-9-5-3-6-10-15)13-12-14-8-4-2-7-11-16(14)17(18)20/h3,5-6,9-10,12-13,21H,2,4,7-8,11H2,1H3. The van der Waals surface area contributed by atoms with Crippen LogP contribution >= 0.6 is 0 Å². The highest BCUT2D eigenvalue weighted by Crippen LogP contribution is 2.36. The molecule has 0 bridgehead atoms. The number of ketones is 1. The summed E-state index contributed by atoms with van der Waals surface area (Å²) in [7, 11) is 0. The normalized spacial score (nSPS) is 25.5. The largest absolute Gasteiger partial charge is 0.291 e. The van der Waals surface area contributed by atoms with Crippen LogP contribution in [0.2, 0.25) is 0 Å². The fourth-order valence-electron chi connectivity index (χ4n) is 3.20. The van der Waals surface area contributed by atoms with Crippen LogP contribution in [-0.2, 0) is 4.79 Å². The molecule has 0 fully saturated rings. The fraction of sp³-hybridized carbons (Fsp3) is 0.389. The molecule has 0 saturated carbocycles. The van der Waals surface area contributed by atoms with Crippen molar-refractivity contribution >= 4 is 11.5 Å². The lowest BCUT2D eigenvalue weighted by molar-refractivity contribution is -0.120. The van der Waals surface area contributed by atoms with Gasteiger partial charge in [-0.2, -0.15) is 0 Å². The average Bonchev–Trinajstić information content (AvgIpc) is 2.77. The number of anilines is 1. The maximum atomic E-state index is 12.9. The zero-order valence-corrected chi connectivity index (χ0v) is 12.4. The van der Waals surface area contributed by atoms with Gasteiger partial charge in [-0.3, -0.25) is 10.0 Å². The second kappa shape index (κ2) is 5.49. The number of para-hydroxylation sites is 1. The number of Topliss-reactive ketones (excluding diaryl/α,β-unsaturated/α-hetero) is 1. The lowest BCUT2D eigenvalue weighted by Crippen LogP contribution is -2.51. The predicted octanol–water partition coefficient (Wildman–Crippen LogP) is 4.04. The van der Waals surface area contributed by atoms with E-state index in [1.165, 1.54) is 6.42 Å². The van der Waals surface area contributed by atoms with Crippen molar-refractivity contribution in [3.05, 3.63) is 53.6 Å². The molecule has 0 aromatic heterocycles. The molecular formula is C18H21NO2. The van der Waals surface area contributed by atoms with E-state index in [-0.39, 0.29) is 5.78 Å². The molecule has 3 nitrogen and oxygen atoms in total. The Bertz CT molecular complexity index is 603. The Hall–Kier alpha value is -1.87. The molecule has 0 radical (unpaired) electrons. The lowest BCUT2D eigenvalue weighted by Gasteiger charge is -2.37. The number of hydroxylamine groups is 1. The summed E-state index contributed by atoms with van der Waals surface area (Å²) < 4.78 is 0. The van der Waals surface area contributed by atoms with Gasteiger partial charge < -0.3 is 0 Å². The van der Waals surface area contributed by atoms with Crippen molar-refractivity contribution in [2.45, 2.75) is 44.6 Å². The zero-order chi connectivity index (χ0) is 14.9. The summed E-state index contributed by atoms with van der Waals surface area (Å²) in [5.74, 6) is 0.0354. The summed E-state index contributed by atoms with van der Waals surface area (Å²) in [6.45, 7) is 1.79. The molecule has 1 atom stereocenters. The molecule has 1 aromatic rings. The number of hydrogen-bond acceptors (Lipinski definition) is 3. The van der Waals surface area contributed by atoms with Gasteiger partial charge in [-0.15, -0.1) is 0 Å². The first-order chi connectivity index (χ1) is 10.1. The van der Waals surface area contributed by atoms with Crippen LogP contribution in [0.1, 0.15) is 39.0 Å². The summed E-state index contributed by atoms with van der Waals surface area (Å²) >= 11 is 0. The van der Waals surface area contributed by atoms with Crippen molar-refractivity contribution in [1.29, 1.82) is 0 Å². The molecular weight excluding hydrogens is 262 g/mol. The fourth-order valence-corrected chi connectivity index (χ4v) is 3.20. The van der Waals surface area contributed by atoms with Gasteiger partial charge in [0.15, 0.2) is 5.78 Å². The van der Waals surface area contributed by atoms with Crippen molar-refractivity contribution in [2.75, 3.05) is 5.06 Å². The average molecular weight is 283 g/mol. The Morgan fingerprint density at radius 2 is 1.81 bits per heavy atom. The third kappa shape index (κ3) is 2.42. The first kappa shape index (κ1) is 14.1. The molecule has 1 N–H and O–H groups in total. The minimum absolute atomic E-state index is 0.0354. The molecule has 3 heteroatoms. The van der Waals surface area contributed by atoms with E-state index in [1.54, 1.807) is 6.92 Å². The molecule has 21 heavy (non-hydrogen) atoms. The maximum absolute atomic E-state index is 12.9. The second-order valence-corrected chi connectivity index (χ2v) is 6.02. The van der Waals surface area contributed by atoms with Crippen molar-refractivity contribution in [2.24, 2.45) is 0 Å². The van der Waals surface area contributed by atoms with Gasteiger partial charge in [0.05, 0.1) is 5.69 Å². The van der Waals surface area contributed by atoms with Crippen LogP contribution in [0.25, 0.3) is 0 Å². The van der Waals surface area contributed by atoms with E-state index in [0.717, 1.165) is 41.9 Å². The molecule has 0 heterocycles. The quantitative estimate of drug-likeness (QED) is 0.833. The van der Waals surface area contributed by atoms with E-state index in [0.29, 0.717) is 5.69 Å². The van der Waals surface area contributed by atoms with Gasteiger partial charge in [0.2, 0.25) is 0 Å². The Labute approximate surface area is 125 Å². The van der Waals surface area contributed by atoms with E-state index < -0.39 is 5.54 Å². The van der Waals surface area contributed by atoms with E-state index in [1.807, 2.05) is 42.5 Å². The second-order valence-electron chi connectivity index (χ2n) is 6.02. The summed E-state index contributed by atoms with van der Waals surface area (Å²) in [4.78, 5) is 12.9. The lowest BCUT2D eigenvalue weighted by atomic mass is 9.81. The monoisotopic (exact) mass is 283 g/mol. The minimum atomic E-state index is -1.01. The SMILES string of the molecule is CC1(N(O)c2ccccc2)C=CC2=C(CCCCC2)C1=O. The summed E-state index contributed by atoms with van der Waals surface area (Å²) in [6.07, 6.45) is 9.06. The smallest absolute Gasteiger partial charge is 0.190 e. The summed E-state index contributed by atoms with van der Waals surface area (Å²) in [5.41, 5.74) is 1.70. The molecule has 2 aliphatic carbocycles. The molecule has 0 spiro atoms. The number of benzene rings is 1. The third-order valence-electron chi connectivity index (χ3n) is 4.54. The van der Waals surface area contributed by atoms with Crippen molar-refractivity contribution < 1.29 is 10.0 Å². The van der Waals surface area contributed by atoms with Crippen LogP contribution in [0.5, 0.6) is 0 Å². The Kier molecular flexibility index (Phi) is 3.68. The van der Waals surface area contributed by atoms with E-state index in [9.17, 15) is 10.0 Å². The van der Waals surface area contributed by atoms with Crippen LogP contribution in [-0.4, -0.2) is 16.5 Å². The van der Waals surface area contributed by atoms with Crippen molar-refractivity contribution in [1.82, 2.24) is 0 Å². The summed E-state index contributed by atoms with van der Waals surface area (Å²) in [5, 5.41) is 11.7. The third-order valence-corrected chi connectivity index (χ3v) is 4.54. The highest BCUT2D eigenvalue weighted by Gasteiger charge is 2.41. The van der Waals surface area contributed by atoms with Gasteiger partial charge in [-0.25, -0.2) is 5.06 Å². The predicted molar refractivity (Wildman–Crippen MR) is 83.4 cm³/mol. The Balaban J connectivity index is 1.95. The summed E-state index contributed by atoms with van der Waals surface area (Å²) in [6, 6.07) is 9.22. The molecule has 2 aliphatic rings. The van der Waals surface area contributed by atoms with Crippen LogP contribution in [0, 0.1) is 0 Å². The topological polar surface area (TPSA) is 40.5 Å². The molecule has 110 valence electrons. The van der Waals surface area contributed by atoms with E-state index in [2.05, 4.69) is 0 Å². The van der Waals surface area contributed by atoms with E-state index in [4.69, 9.17) is 0 Å². The van der Waals surface area contributed by atoms with Gasteiger partial charge in [0.1, 0.15) is 5.54 Å². The Morgan fingerprint density at radius 1 is 1.10 bits per heavy atom. The van der Waals surface area contributed by atoms with Crippen LogP contribution in [0.3, 0.4) is 0 Å². The first-order valence-corrected chi connectivity index (χ1v) is 7.63. The van der Waals surface area contributed by atoms with Gasteiger partial charge in [0, 0.05) is 5.57 Å². The number of allylic oxidation sites excluding steroid dienone is 2.